The molecule has 0 N–H and O–H groups in total. The van der Waals surface area contributed by atoms with Crippen LogP contribution in [0.2, 0.25) is 0 Å². The maximum absolute atomic E-state index is 12.3. The van der Waals surface area contributed by atoms with E-state index < -0.39 is 15.1 Å². The smallest absolute Gasteiger partial charge is 0.308 e. The van der Waals surface area contributed by atoms with Crippen molar-refractivity contribution in [1.29, 1.82) is 0 Å². The minimum atomic E-state index is -3.50. The Morgan fingerprint density at radius 3 is 2.59 bits per heavy atom. The third kappa shape index (κ3) is 3.19. The van der Waals surface area contributed by atoms with Gasteiger partial charge < -0.3 is 5.21 Å². The highest BCUT2D eigenvalue weighted by Crippen LogP contribution is 2.19. The van der Waals surface area contributed by atoms with E-state index in [9.17, 15) is 13.6 Å². The van der Waals surface area contributed by atoms with Crippen molar-refractivity contribution in [3.8, 4) is 0 Å². The second-order valence-corrected chi connectivity index (χ2v) is 6.26. The Kier molecular flexibility index (Phi) is 4.93. The van der Waals surface area contributed by atoms with Crippen molar-refractivity contribution in [1.82, 2.24) is 0 Å². The Hall–Kier alpha value is -1.10. The number of sulfone groups is 1. The molecule has 1 aromatic heterocycles. The molecule has 0 saturated heterocycles. The van der Waals surface area contributed by atoms with E-state index in [0.717, 1.165) is 12.8 Å². The average Bonchev–Trinajstić information content (AvgIpc) is 2.30. The summed E-state index contributed by atoms with van der Waals surface area (Å²) < 4.78 is 25.0. The number of nitrogens with zero attached hydrogens (tertiary/aromatic N) is 1. The molecule has 17 heavy (non-hydrogen) atoms. The van der Waals surface area contributed by atoms with E-state index in [1.807, 2.05) is 13.8 Å². The normalized spacial score (nSPS) is 13.5. The first-order valence-corrected chi connectivity index (χ1v) is 7.50. The molecule has 1 rings (SSSR count). The van der Waals surface area contributed by atoms with Gasteiger partial charge in [0.15, 0.2) is 6.20 Å². The fraction of sp³-hybridized carbons (Fsp3) is 0.583. The Labute approximate surface area is 103 Å². The van der Waals surface area contributed by atoms with Gasteiger partial charge in [-0.1, -0.05) is 26.7 Å². The zero-order chi connectivity index (χ0) is 12.9. The molecular formula is C12H19NO3S. The molecule has 1 aromatic rings. The lowest BCUT2D eigenvalue weighted by Crippen LogP contribution is -2.37. The second kappa shape index (κ2) is 6.00. The van der Waals surface area contributed by atoms with Crippen molar-refractivity contribution in [2.45, 2.75) is 49.8 Å². The predicted octanol–water partition coefficient (Wildman–Crippen LogP) is 2.06. The number of aromatic nitrogens is 1. The molecule has 0 aliphatic rings. The van der Waals surface area contributed by atoms with Crippen LogP contribution in [0.25, 0.3) is 0 Å². The van der Waals surface area contributed by atoms with Crippen LogP contribution in [0, 0.1) is 5.21 Å². The van der Waals surface area contributed by atoms with Gasteiger partial charge in [0, 0.05) is 12.1 Å². The zero-order valence-corrected chi connectivity index (χ0v) is 11.1. The van der Waals surface area contributed by atoms with E-state index in [2.05, 4.69) is 0 Å². The first-order valence-electron chi connectivity index (χ1n) is 5.96. The van der Waals surface area contributed by atoms with Gasteiger partial charge in [0.05, 0.1) is 5.25 Å². The van der Waals surface area contributed by atoms with Gasteiger partial charge in [-0.15, -0.1) is 0 Å². The van der Waals surface area contributed by atoms with Gasteiger partial charge in [-0.25, -0.2) is 8.42 Å². The monoisotopic (exact) mass is 257 g/mol. The molecule has 5 heteroatoms. The molecule has 1 atom stereocenters. The minimum absolute atomic E-state index is 0.136. The number of hydrogen-bond acceptors (Lipinski definition) is 3. The Bertz CT molecular complexity index is 457. The van der Waals surface area contributed by atoms with Gasteiger partial charge in [-0.05, 0) is 18.9 Å². The SMILES string of the molecule is CCCCC(CC)S(=O)(=O)c1cccc[n+]1[O-]. The fourth-order valence-corrected chi connectivity index (χ4v) is 3.65. The van der Waals surface area contributed by atoms with Gasteiger partial charge in [0.25, 0.3) is 0 Å². The Morgan fingerprint density at radius 2 is 2.06 bits per heavy atom. The van der Waals surface area contributed by atoms with E-state index in [1.165, 1.54) is 18.3 Å². The van der Waals surface area contributed by atoms with Crippen LogP contribution in [0.1, 0.15) is 39.5 Å². The van der Waals surface area contributed by atoms with Crippen LogP contribution in [-0.4, -0.2) is 13.7 Å². The lowest BCUT2D eigenvalue weighted by Gasteiger charge is -2.14. The average molecular weight is 257 g/mol. The highest BCUT2D eigenvalue weighted by Gasteiger charge is 2.31. The molecule has 0 spiro atoms. The summed E-state index contributed by atoms with van der Waals surface area (Å²) in [5, 5.41) is 10.9. The summed E-state index contributed by atoms with van der Waals surface area (Å²) in [6, 6.07) is 4.48. The van der Waals surface area contributed by atoms with Gasteiger partial charge >= 0.3 is 5.03 Å². The summed E-state index contributed by atoms with van der Waals surface area (Å²) in [5.74, 6) is 0. The lowest BCUT2D eigenvalue weighted by atomic mass is 10.2. The first-order chi connectivity index (χ1) is 8.04. The molecule has 0 radical (unpaired) electrons. The third-order valence-corrected chi connectivity index (χ3v) is 5.20. The summed E-state index contributed by atoms with van der Waals surface area (Å²) in [4.78, 5) is 0. The van der Waals surface area contributed by atoms with Crippen molar-refractivity contribution in [3.63, 3.8) is 0 Å². The van der Waals surface area contributed by atoms with Gasteiger partial charge in [-0.2, -0.15) is 4.73 Å². The molecule has 0 aromatic carbocycles. The van der Waals surface area contributed by atoms with Crippen molar-refractivity contribution >= 4 is 9.84 Å². The summed E-state index contributed by atoms with van der Waals surface area (Å²) in [6.07, 6.45) is 4.20. The van der Waals surface area contributed by atoms with E-state index >= 15 is 0 Å². The molecular weight excluding hydrogens is 238 g/mol. The summed E-state index contributed by atoms with van der Waals surface area (Å²) in [5.41, 5.74) is 0. The molecule has 96 valence electrons. The maximum atomic E-state index is 12.3. The van der Waals surface area contributed by atoms with Crippen molar-refractivity contribution < 1.29 is 13.1 Å². The molecule has 1 unspecified atom stereocenters. The van der Waals surface area contributed by atoms with Gasteiger partial charge in [0.2, 0.25) is 9.84 Å². The van der Waals surface area contributed by atoms with Crippen LogP contribution in [0.15, 0.2) is 29.4 Å². The van der Waals surface area contributed by atoms with Crippen LogP contribution < -0.4 is 4.73 Å². The topological polar surface area (TPSA) is 61.1 Å². The molecule has 0 saturated carbocycles. The molecule has 0 amide bonds. The van der Waals surface area contributed by atoms with E-state index in [4.69, 9.17) is 0 Å². The van der Waals surface area contributed by atoms with Crippen molar-refractivity contribution in [3.05, 3.63) is 29.6 Å². The highest BCUT2D eigenvalue weighted by molar-refractivity contribution is 7.91. The standard InChI is InChI=1S/C12H19NO3S/c1-3-5-8-11(4-2)17(15,16)12-9-6-7-10-13(12)14/h6-7,9-11H,3-5,8H2,1-2H3. The van der Waals surface area contributed by atoms with Crippen molar-refractivity contribution in [2.75, 3.05) is 0 Å². The van der Waals surface area contributed by atoms with E-state index in [0.29, 0.717) is 17.6 Å². The van der Waals surface area contributed by atoms with Crippen molar-refractivity contribution in [2.24, 2.45) is 0 Å². The Morgan fingerprint density at radius 1 is 1.35 bits per heavy atom. The second-order valence-electron chi connectivity index (χ2n) is 4.08. The minimum Gasteiger partial charge on any atom is -0.618 e. The van der Waals surface area contributed by atoms with Gasteiger partial charge in [0.1, 0.15) is 0 Å². The molecule has 0 bridgehead atoms. The molecule has 4 nitrogen and oxygen atoms in total. The maximum Gasteiger partial charge on any atom is 0.308 e. The number of pyridine rings is 1. The van der Waals surface area contributed by atoms with E-state index in [-0.39, 0.29) is 5.03 Å². The fourth-order valence-electron chi connectivity index (χ4n) is 1.81. The molecule has 0 aliphatic heterocycles. The van der Waals surface area contributed by atoms with Crippen LogP contribution in [0.4, 0.5) is 0 Å². The first kappa shape index (κ1) is 14.0. The largest absolute Gasteiger partial charge is 0.618 e. The van der Waals surface area contributed by atoms with Crippen LogP contribution >= 0.6 is 0 Å². The summed E-state index contributed by atoms with van der Waals surface area (Å²) in [7, 11) is -3.50. The highest BCUT2D eigenvalue weighted by atomic mass is 32.2. The molecule has 1 heterocycles. The number of hydrogen-bond donors (Lipinski definition) is 0. The summed E-state index contributed by atoms with van der Waals surface area (Å²) >= 11 is 0. The van der Waals surface area contributed by atoms with E-state index in [1.54, 1.807) is 6.07 Å². The third-order valence-electron chi connectivity index (χ3n) is 2.85. The lowest BCUT2D eigenvalue weighted by molar-refractivity contribution is -0.646. The van der Waals surface area contributed by atoms with Gasteiger partial charge in [-0.3, -0.25) is 0 Å². The quantitative estimate of drug-likeness (QED) is 0.579. The Balaban J connectivity index is 3.05. The predicted molar refractivity (Wildman–Crippen MR) is 66.2 cm³/mol. The number of unbranched alkanes of at least 4 members (excludes halogenated alkanes) is 1. The zero-order valence-electron chi connectivity index (χ0n) is 10.3. The molecule has 0 aliphatic carbocycles. The number of rotatable bonds is 6. The van der Waals surface area contributed by atoms with Crippen LogP contribution in [0.3, 0.4) is 0 Å². The van der Waals surface area contributed by atoms with Crippen LogP contribution in [0.5, 0.6) is 0 Å². The summed E-state index contributed by atoms with van der Waals surface area (Å²) in [6.45, 7) is 3.87. The van der Waals surface area contributed by atoms with Crippen LogP contribution in [-0.2, 0) is 9.84 Å². The molecule has 0 fully saturated rings.